The minimum absolute atomic E-state index is 0.358. The summed E-state index contributed by atoms with van der Waals surface area (Å²) in [4.78, 5) is 6.70. The predicted molar refractivity (Wildman–Crippen MR) is 76.6 cm³/mol. The lowest BCUT2D eigenvalue weighted by molar-refractivity contribution is 0.236. The molecule has 1 atom stereocenters. The summed E-state index contributed by atoms with van der Waals surface area (Å²) < 4.78 is 7.01. The molecule has 6 heteroatoms. The molecule has 0 N–H and O–H groups in total. The third kappa shape index (κ3) is 2.31. The van der Waals surface area contributed by atoms with E-state index in [1.165, 1.54) is 12.0 Å². The predicted octanol–water partition coefficient (Wildman–Crippen LogP) is 2.36. The Morgan fingerprint density at radius 1 is 1.38 bits per heavy atom. The molecular formula is C15H17N5O. The molecule has 0 spiro atoms. The first-order valence-corrected chi connectivity index (χ1v) is 7.25. The van der Waals surface area contributed by atoms with Crippen molar-refractivity contribution in [3.63, 3.8) is 0 Å². The zero-order valence-electron chi connectivity index (χ0n) is 11.9. The Bertz CT molecular complexity index is 762. The van der Waals surface area contributed by atoms with Crippen molar-refractivity contribution in [1.29, 1.82) is 0 Å². The van der Waals surface area contributed by atoms with Crippen LogP contribution in [-0.2, 0) is 6.54 Å². The third-order valence-electron chi connectivity index (χ3n) is 4.08. The molecule has 1 aliphatic rings. The van der Waals surface area contributed by atoms with Gasteiger partial charge in [0, 0.05) is 18.8 Å². The van der Waals surface area contributed by atoms with Gasteiger partial charge in [-0.25, -0.2) is 9.50 Å². The molecule has 1 fully saturated rings. The summed E-state index contributed by atoms with van der Waals surface area (Å²) in [5.74, 6) is 0.877. The monoisotopic (exact) mass is 283 g/mol. The molecule has 0 radical (unpaired) electrons. The van der Waals surface area contributed by atoms with Crippen molar-refractivity contribution in [3.8, 4) is 0 Å². The van der Waals surface area contributed by atoms with Crippen LogP contribution in [0.4, 0.5) is 0 Å². The number of rotatable bonds is 3. The summed E-state index contributed by atoms with van der Waals surface area (Å²) in [7, 11) is 0. The number of aryl methyl sites for hydroxylation is 1. The maximum absolute atomic E-state index is 5.22. The van der Waals surface area contributed by atoms with Gasteiger partial charge in [0.1, 0.15) is 17.8 Å². The highest BCUT2D eigenvalue weighted by molar-refractivity contribution is 5.39. The van der Waals surface area contributed by atoms with Crippen LogP contribution in [0.15, 0.2) is 35.2 Å². The quantitative estimate of drug-likeness (QED) is 0.738. The summed E-state index contributed by atoms with van der Waals surface area (Å²) in [6.45, 7) is 3.93. The lowest BCUT2D eigenvalue weighted by Crippen LogP contribution is -2.23. The van der Waals surface area contributed by atoms with Crippen molar-refractivity contribution >= 4 is 5.65 Å². The summed E-state index contributed by atoms with van der Waals surface area (Å²) in [5, 5.41) is 8.31. The molecule has 0 aliphatic carbocycles. The first-order valence-electron chi connectivity index (χ1n) is 7.25. The number of fused-ring (bicyclic) bond motifs is 1. The van der Waals surface area contributed by atoms with Crippen molar-refractivity contribution in [2.24, 2.45) is 0 Å². The molecule has 1 aliphatic heterocycles. The first kappa shape index (κ1) is 12.5. The van der Waals surface area contributed by atoms with Crippen molar-refractivity contribution in [1.82, 2.24) is 24.7 Å². The van der Waals surface area contributed by atoms with E-state index in [4.69, 9.17) is 4.52 Å². The normalized spacial score (nSPS) is 19.6. The number of hydrogen-bond acceptors (Lipinski definition) is 5. The fraction of sp³-hybridized carbons (Fsp3) is 0.400. The lowest BCUT2D eigenvalue weighted by Gasteiger charge is -2.22. The minimum Gasteiger partial charge on any atom is -0.361 e. The second-order valence-electron chi connectivity index (χ2n) is 5.59. The zero-order chi connectivity index (χ0) is 14.2. The molecule has 108 valence electrons. The molecule has 4 rings (SSSR count). The summed E-state index contributed by atoms with van der Waals surface area (Å²) in [6, 6.07) is 6.60. The second kappa shape index (κ2) is 4.96. The van der Waals surface area contributed by atoms with E-state index in [0.29, 0.717) is 6.04 Å². The standard InChI is InChI=1S/C15H17N5O/c1-11-7-13(18-21-11)14-3-2-5-19(14)9-12-4-6-20-15(8-12)16-10-17-20/h4,6-8,10,14H,2-3,5,9H2,1H3. The Balaban J connectivity index is 1.57. The maximum Gasteiger partial charge on any atom is 0.155 e. The fourth-order valence-electron chi connectivity index (χ4n) is 3.08. The van der Waals surface area contributed by atoms with Gasteiger partial charge >= 0.3 is 0 Å². The van der Waals surface area contributed by atoms with Gasteiger partial charge in [0.05, 0.1) is 6.04 Å². The first-order chi connectivity index (χ1) is 10.3. The Labute approximate surface area is 122 Å². The van der Waals surface area contributed by atoms with E-state index in [-0.39, 0.29) is 0 Å². The molecule has 1 saturated heterocycles. The highest BCUT2D eigenvalue weighted by atomic mass is 16.5. The third-order valence-corrected chi connectivity index (χ3v) is 4.08. The smallest absolute Gasteiger partial charge is 0.155 e. The number of nitrogens with zero attached hydrogens (tertiary/aromatic N) is 5. The molecule has 21 heavy (non-hydrogen) atoms. The molecular weight excluding hydrogens is 266 g/mol. The van der Waals surface area contributed by atoms with E-state index >= 15 is 0 Å². The molecule has 0 bridgehead atoms. The molecule has 0 aromatic carbocycles. The van der Waals surface area contributed by atoms with Gasteiger partial charge in [0.2, 0.25) is 0 Å². The van der Waals surface area contributed by atoms with Gasteiger partial charge in [0.15, 0.2) is 5.65 Å². The van der Waals surface area contributed by atoms with E-state index in [1.54, 1.807) is 10.8 Å². The molecule has 1 unspecified atom stereocenters. The minimum atomic E-state index is 0.358. The molecule has 0 saturated carbocycles. The maximum atomic E-state index is 5.22. The fourth-order valence-corrected chi connectivity index (χ4v) is 3.08. The van der Waals surface area contributed by atoms with Crippen LogP contribution in [0.5, 0.6) is 0 Å². The van der Waals surface area contributed by atoms with Crippen LogP contribution in [0.3, 0.4) is 0 Å². The van der Waals surface area contributed by atoms with Gasteiger partial charge in [-0.1, -0.05) is 5.16 Å². The van der Waals surface area contributed by atoms with Crippen molar-refractivity contribution in [2.45, 2.75) is 32.4 Å². The number of hydrogen-bond donors (Lipinski definition) is 0. The highest BCUT2D eigenvalue weighted by Gasteiger charge is 2.28. The van der Waals surface area contributed by atoms with Crippen LogP contribution in [0.2, 0.25) is 0 Å². The Morgan fingerprint density at radius 2 is 2.33 bits per heavy atom. The van der Waals surface area contributed by atoms with Crippen LogP contribution in [-0.4, -0.2) is 31.2 Å². The summed E-state index contributed by atoms with van der Waals surface area (Å²) in [5.41, 5.74) is 3.19. The van der Waals surface area contributed by atoms with Gasteiger partial charge < -0.3 is 4.52 Å². The van der Waals surface area contributed by atoms with Crippen LogP contribution in [0.25, 0.3) is 5.65 Å². The zero-order valence-corrected chi connectivity index (χ0v) is 11.9. The molecule has 3 aromatic heterocycles. The largest absolute Gasteiger partial charge is 0.361 e. The van der Waals surface area contributed by atoms with Crippen LogP contribution in [0, 0.1) is 6.92 Å². The van der Waals surface area contributed by atoms with Gasteiger partial charge in [-0.15, -0.1) is 0 Å². The molecule has 4 heterocycles. The molecule has 3 aromatic rings. The van der Waals surface area contributed by atoms with Crippen molar-refractivity contribution < 1.29 is 4.52 Å². The summed E-state index contributed by atoms with van der Waals surface area (Å²) in [6.07, 6.45) is 5.88. The number of pyridine rings is 1. The van der Waals surface area contributed by atoms with Gasteiger partial charge in [0.25, 0.3) is 0 Å². The number of likely N-dealkylation sites (tertiary alicyclic amines) is 1. The van der Waals surface area contributed by atoms with E-state index in [9.17, 15) is 0 Å². The van der Waals surface area contributed by atoms with Crippen molar-refractivity contribution in [2.75, 3.05) is 6.54 Å². The van der Waals surface area contributed by atoms with Crippen LogP contribution < -0.4 is 0 Å². The highest BCUT2D eigenvalue weighted by Crippen LogP contribution is 2.32. The lowest BCUT2D eigenvalue weighted by atomic mass is 10.1. The van der Waals surface area contributed by atoms with Crippen molar-refractivity contribution in [3.05, 3.63) is 47.7 Å². The Kier molecular flexibility index (Phi) is 2.96. The van der Waals surface area contributed by atoms with Gasteiger partial charge in [-0.05, 0) is 44.0 Å². The Hall–Kier alpha value is -2.21. The summed E-state index contributed by atoms with van der Waals surface area (Å²) >= 11 is 0. The van der Waals surface area contributed by atoms with E-state index in [0.717, 1.165) is 36.6 Å². The average molecular weight is 283 g/mol. The van der Waals surface area contributed by atoms with E-state index in [2.05, 4.69) is 32.3 Å². The van der Waals surface area contributed by atoms with E-state index in [1.807, 2.05) is 19.2 Å². The SMILES string of the molecule is Cc1cc(C2CCCN2Cc2ccn3ncnc3c2)no1. The van der Waals surface area contributed by atoms with Crippen LogP contribution >= 0.6 is 0 Å². The Morgan fingerprint density at radius 3 is 3.19 bits per heavy atom. The van der Waals surface area contributed by atoms with Crippen LogP contribution in [0.1, 0.15) is 35.9 Å². The second-order valence-corrected chi connectivity index (χ2v) is 5.59. The van der Waals surface area contributed by atoms with Gasteiger partial charge in [-0.2, -0.15) is 5.10 Å². The van der Waals surface area contributed by atoms with E-state index < -0.39 is 0 Å². The topological polar surface area (TPSA) is 59.5 Å². The molecule has 0 amide bonds. The average Bonchev–Trinajstić information content (AvgIpc) is 3.18. The molecule has 6 nitrogen and oxygen atoms in total. The number of aromatic nitrogens is 4. The van der Waals surface area contributed by atoms with Gasteiger partial charge in [-0.3, -0.25) is 4.90 Å².